The number of anilines is 1. The number of halogens is 4. The SMILES string of the molecule is O=C(Nc1ccc(-n2nc(C(F)(F)F)cc2CO)cc1)c1ccccc1Cl. The Morgan fingerprint density at radius 3 is 2.41 bits per heavy atom. The highest BCUT2D eigenvalue weighted by molar-refractivity contribution is 6.34. The van der Waals surface area contributed by atoms with Gasteiger partial charge >= 0.3 is 6.18 Å². The fourth-order valence-corrected chi connectivity index (χ4v) is 2.65. The molecule has 9 heteroatoms. The molecular weight excluding hydrogens is 383 g/mol. The van der Waals surface area contributed by atoms with Crippen molar-refractivity contribution in [2.24, 2.45) is 0 Å². The van der Waals surface area contributed by atoms with Crippen molar-refractivity contribution in [3.05, 3.63) is 76.6 Å². The molecule has 140 valence electrons. The van der Waals surface area contributed by atoms with Crippen LogP contribution in [0.3, 0.4) is 0 Å². The Balaban J connectivity index is 1.83. The molecule has 0 aliphatic heterocycles. The topological polar surface area (TPSA) is 67.2 Å². The normalized spacial score (nSPS) is 11.4. The Kier molecular flexibility index (Phi) is 5.20. The van der Waals surface area contributed by atoms with Crippen LogP contribution in [0, 0.1) is 0 Å². The summed E-state index contributed by atoms with van der Waals surface area (Å²) in [4.78, 5) is 12.2. The van der Waals surface area contributed by atoms with Crippen molar-refractivity contribution in [2.45, 2.75) is 12.8 Å². The minimum Gasteiger partial charge on any atom is -0.390 e. The number of aromatic nitrogens is 2. The monoisotopic (exact) mass is 395 g/mol. The van der Waals surface area contributed by atoms with Crippen LogP contribution in [0.5, 0.6) is 0 Å². The van der Waals surface area contributed by atoms with Crippen LogP contribution < -0.4 is 5.32 Å². The second-order valence-corrected chi connectivity index (χ2v) is 5.98. The number of benzene rings is 2. The maximum Gasteiger partial charge on any atom is 0.435 e. The number of amides is 1. The number of aliphatic hydroxyl groups is 1. The number of hydrogen-bond acceptors (Lipinski definition) is 3. The Morgan fingerprint density at radius 2 is 1.81 bits per heavy atom. The second kappa shape index (κ2) is 7.42. The molecule has 0 unspecified atom stereocenters. The van der Waals surface area contributed by atoms with Gasteiger partial charge in [0.2, 0.25) is 0 Å². The fraction of sp³-hybridized carbons (Fsp3) is 0.111. The van der Waals surface area contributed by atoms with E-state index in [-0.39, 0.29) is 5.69 Å². The predicted octanol–water partition coefficient (Wildman–Crippen LogP) is 4.29. The molecule has 0 fully saturated rings. The summed E-state index contributed by atoms with van der Waals surface area (Å²) in [5.41, 5.74) is -0.0618. The fourth-order valence-electron chi connectivity index (χ4n) is 2.42. The molecule has 2 N–H and O–H groups in total. The molecule has 1 aromatic heterocycles. The molecule has 1 amide bonds. The average molecular weight is 396 g/mol. The summed E-state index contributed by atoms with van der Waals surface area (Å²) in [5.74, 6) is -0.414. The van der Waals surface area contributed by atoms with E-state index in [1.54, 1.807) is 24.3 Å². The zero-order chi connectivity index (χ0) is 19.6. The van der Waals surface area contributed by atoms with Gasteiger partial charge in [-0.25, -0.2) is 4.68 Å². The van der Waals surface area contributed by atoms with Gasteiger partial charge < -0.3 is 10.4 Å². The first kappa shape index (κ1) is 18.9. The van der Waals surface area contributed by atoms with Crippen molar-refractivity contribution in [1.82, 2.24) is 9.78 Å². The summed E-state index contributed by atoms with van der Waals surface area (Å²) >= 11 is 5.98. The predicted molar refractivity (Wildman–Crippen MR) is 93.9 cm³/mol. The standard InChI is InChI=1S/C18H13ClF3N3O2/c19-15-4-2-1-3-14(15)17(27)23-11-5-7-12(8-6-11)25-13(10-26)9-16(24-25)18(20,21)22/h1-9,26H,10H2,(H,23,27). The molecule has 0 radical (unpaired) electrons. The summed E-state index contributed by atoms with van der Waals surface area (Å²) in [7, 11) is 0. The van der Waals surface area contributed by atoms with Gasteiger partial charge in [0.25, 0.3) is 5.91 Å². The Bertz CT molecular complexity index is 969. The van der Waals surface area contributed by atoms with E-state index in [1.165, 1.54) is 24.3 Å². The van der Waals surface area contributed by atoms with Crippen LogP contribution in [0.1, 0.15) is 21.7 Å². The van der Waals surface area contributed by atoms with Crippen molar-refractivity contribution >= 4 is 23.2 Å². The molecule has 0 saturated heterocycles. The number of carbonyl (C=O) groups is 1. The highest BCUT2D eigenvalue weighted by atomic mass is 35.5. The maximum absolute atomic E-state index is 12.8. The van der Waals surface area contributed by atoms with Crippen molar-refractivity contribution in [2.75, 3.05) is 5.32 Å². The zero-order valence-corrected chi connectivity index (χ0v) is 14.4. The van der Waals surface area contributed by atoms with Crippen LogP contribution in [0.25, 0.3) is 5.69 Å². The Hall–Kier alpha value is -2.84. The van der Waals surface area contributed by atoms with E-state index in [4.69, 9.17) is 11.6 Å². The summed E-state index contributed by atoms with van der Waals surface area (Å²) in [6.07, 6.45) is -4.61. The third-order valence-electron chi connectivity index (χ3n) is 3.72. The molecule has 0 spiro atoms. The van der Waals surface area contributed by atoms with Crippen LogP contribution >= 0.6 is 11.6 Å². The summed E-state index contributed by atoms with van der Waals surface area (Å²) in [6, 6.07) is 13.3. The molecule has 2 aromatic carbocycles. The molecule has 0 aliphatic carbocycles. The maximum atomic E-state index is 12.8. The quantitative estimate of drug-likeness (QED) is 0.692. The third-order valence-corrected chi connectivity index (χ3v) is 4.05. The van der Waals surface area contributed by atoms with E-state index in [1.807, 2.05) is 0 Å². The highest BCUT2D eigenvalue weighted by Gasteiger charge is 2.35. The first-order valence-corrected chi connectivity index (χ1v) is 8.10. The number of aliphatic hydroxyl groups excluding tert-OH is 1. The van der Waals surface area contributed by atoms with Crippen molar-refractivity contribution in [3.63, 3.8) is 0 Å². The molecule has 0 aliphatic rings. The van der Waals surface area contributed by atoms with Crippen molar-refractivity contribution in [1.29, 1.82) is 0 Å². The van der Waals surface area contributed by atoms with Crippen LogP contribution in [0.4, 0.5) is 18.9 Å². The molecule has 5 nitrogen and oxygen atoms in total. The smallest absolute Gasteiger partial charge is 0.390 e. The van der Waals surface area contributed by atoms with Crippen LogP contribution in [-0.2, 0) is 12.8 Å². The third kappa shape index (κ3) is 4.12. The number of alkyl halides is 3. The van der Waals surface area contributed by atoms with Crippen LogP contribution in [0.15, 0.2) is 54.6 Å². The lowest BCUT2D eigenvalue weighted by Crippen LogP contribution is -2.12. The second-order valence-electron chi connectivity index (χ2n) is 5.57. The molecule has 0 bridgehead atoms. The summed E-state index contributed by atoms with van der Waals surface area (Å²) in [6.45, 7) is -0.603. The molecular formula is C18H13ClF3N3O2. The molecule has 0 atom stereocenters. The molecule has 3 aromatic rings. The Labute approximate surface area is 157 Å². The Morgan fingerprint density at radius 1 is 1.15 bits per heavy atom. The van der Waals surface area contributed by atoms with E-state index in [0.29, 0.717) is 22.0 Å². The number of carbonyl (C=O) groups excluding carboxylic acids is 1. The van der Waals surface area contributed by atoms with Gasteiger partial charge in [-0.15, -0.1) is 0 Å². The van der Waals surface area contributed by atoms with Gasteiger partial charge in [0.05, 0.1) is 28.6 Å². The van der Waals surface area contributed by atoms with E-state index in [9.17, 15) is 23.1 Å². The molecule has 27 heavy (non-hydrogen) atoms. The molecule has 1 heterocycles. The summed E-state index contributed by atoms with van der Waals surface area (Å²) in [5, 5.41) is 15.7. The largest absolute Gasteiger partial charge is 0.435 e. The van der Waals surface area contributed by atoms with Gasteiger partial charge in [0, 0.05) is 5.69 Å². The summed E-state index contributed by atoms with van der Waals surface area (Å²) < 4.78 is 39.5. The minimum atomic E-state index is -4.61. The number of nitrogens with one attached hydrogen (secondary N) is 1. The van der Waals surface area contributed by atoms with E-state index < -0.39 is 24.4 Å². The lowest BCUT2D eigenvalue weighted by molar-refractivity contribution is -0.141. The number of hydrogen-bond donors (Lipinski definition) is 2. The van der Waals surface area contributed by atoms with Gasteiger partial charge in [-0.3, -0.25) is 4.79 Å². The van der Waals surface area contributed by atoms with Crippen LogP contribution in [0.2, 0.25) is 5.02 Å². The van der Waals surface area contributed by atoms with Gasteiger partial charge in [-0.2, -0.15) is 18.3 Å². The van der Waals surface area contributed by atoms with Gasteiger partial charge in [-0.1, -0.05) is 23.7 Å². The highest BCUT2D eigenvalue weighted by Crippen LogP contribution is 2.29. The van der Waals surface area contributed by atoms with Crippen LogP contribution in [-0.4, -0.2) is 20.8 Å². The van der Waals surface area contributed by atoms with E-state index >= 15 is 0 Å². The number of nitrogens with zero attached hydrogens (tertiary/aromatic N) is 2. The lowest BCUT2D eigenvalue weighted by atomic mass is 10.2. The first-order chi connectivity index (χ1) is 12.8. The molecule has 3 rings (SSSR count). The zero-order valence-electron chi connectivity index (χ0n) is 13.7. The van der Waals surface area contributed by atoms with Gasteiger partial charge in [0.1, 0.15) is 0 Å². The average Bonchev–Trinajstić information content (AvgIpc) is 3.07. The van der Waals surface area contributed by atoms with Crippen molar-refractivity contribution < 1.29 is 23.1 Å². The molecule has 0 saturated carbocycles. The van der Waals surface area contributed by atoms with Gasteiger partial charge in [0.15, 0.2) is 5.69 Å². The first-order valence-electron chi connectivity index (χ1n) is 7.73. The number of rotatable bonds is 4. The van der Waals surface area contributed by atoms with E-state index in [2.05, 4.69) is 10.4 Å². The minimum absolute atomic E-state index is 0.00446. The van der Waals surface area contributed by atoms with E-state index in [0.717, 1.165) is 10.7 Å². The van der Waals surface area contributed by atoms with Gasteiger partial charge in [-0.05, 0) is 42.5 Å². The lowest BCUT2D eigenvalue weighted by Gasteiger charge is -2.09. The van der Waals surface area contributed by atoms with Crippen molar-refractivity contribution in [3.8, 4) is 5.69 Å².